The van der Waals surface area contributed by atoms with E-state index in [1.165, 1.54) is 0 Å². The summed E-state index contributed by atoms with van der Waals surface area (Å²) in [5.41, 5.74) is 0.395. The molecule has 0 radical (unpaired) electrons. The third kappa shape index (κ3) is 16.2. The molecule has 0 saturated carbocycles. The zero-order valence-electron chi connectivity index (χ0n) is 21.3. The molecule has 31 heavy (non-hydrogen) atoms. The maximum absolute atomic E-state index is 11.3. The molecule has 0 rings (SSSR count). The van der Waals surface area contributed by atoms with Crippen molar-refractivity contribution in [3.8, 4) is 0 Å². The largest absolute Gasteiger partial charge is 0.460 e. The molecule has 0 spiro atoms. The van der Waals surface area contributed by atoms with Crippen LogP contribution in [-0.2, 0) is 26.6 Å². The number of ether oxygens (including phenoxy) is 2. The lowest BCUT2D eigenvalue weighted by atomic mass is 10.4. The number of esters is 1. The number of aliphatic hydroxyl groups excluding tert-OH is 1. The summed E-state index contributed by atoms with van der Waals surface area (Å²) in [6.07, 6.45) is 1.68. The molecule has 0 atom stereocenters. The summed E-state index contributed by atoms with van der Waals surface area (Å²) in [5, 5.41) is 9.12. The molecule has 0 unspecified atom stereocenters. The normalized spacial score (nSPS) is 13.4. The van der Waals surface area contributed by atoms with Crippen molar-refractivity contribution < 1.29 is 31.7 Å². The molecule has 7 nitrogen and oxygen atoms in total. The fraction of sp³-hybridized carbons (Fsp3) is 0.850. The maximum Gasteiger partial charge on any atom is 0.333 e. The van der Waals surface area contributed by atoms with E-state index in [9.17, 15) is 4.79 Å². The fourth-order valence-corrected chi connectivity index (χ4v) is 22.9. The zero-order chi connectivity index (χ0) is 24.3. The molecule has 184 valence electrons. The van der Waals surface area contributed by atoms with Gasteiger partial charge in [0.05, 0.1) is 6.61 Å². The molecule has 0 fully saturated rings. The highest BCUT2D eigenvalue weighted by atomic mass is 28.5. The second-order valence-electron chi connectivity index (χ2n) is 10.1. The first-order valence-corrected chi connectivity index (χ1v) is 23.0. The van der Waals surface area contributed by atoms with Gasteiger partial charge in [-0.1, -0.05) is 6.58 Å². The summed E-state index contributed by atoms with van der Waals surface area (Å²) in [4.78, 5) is 11.3. The first-order valence-electron chi connectivity index (χ1n) is 11.1. The van der Waals surface area contributed by atoms with Gasteiger partial charge in [0.2, 0.25) is 0 Å². The topological polar surface area (TPSA) is 83.5 Å². The average molecular weight is 511 g/mol. The number of hydrogen-bond acceptors (Lipinski definition) is 7. The second-order valence-corrected chi connectivity index (χ2v) is 26.2. The van der Waals surface area contributed by atoms with Gasteiger partial charge < -0.3 is 26.9 Å². The summed E-state index contributed by atoms with van der Waals surface area (Å²) in [7, 11) is -8.45. The van der Waals surface area contributed by atoms with Gasteiger partial charge in [-0.05, 0) is 84.2 Å². The van der Waals surface area contributed by atoms with Crippen LogP contribution in [0, 0.1) is 0 Å². The van der Waals surface area contributed by atoms with E-state index < -0.39 is 33.8 Å². The summed E-state index contributed by atoms with van der Waals surface area (Å²) in [5.74, 6) is -0.382. The Morgan fingerprint density at radius 2 is 1.26 bits per heavy atom. The van der Waals surface area contributed by atoms with E-state index in [1.54, 1.807) is 6.92 Å². The Morgan fingerprint density at radius 1 is 0.774 bits per heavy atom. The van der Waals surface area contributed by atoms with E-state index in [1.807, 2.05) is 0 Å². The van der Waals surface area contributed by atoms with Crippen LogP contribution in [0.25, 0.3) is 0 Å². The third-order valence-electron chi connectivity index (χ3n) is 4.35. The van der Waals surface area contributed by atoms with Crippen LogP contribution in [0.1, 0.15) is 19.8 Å². The van der Waals surface area contributed by atoms with Crippen LogP contribution in [0.2, 0.25) is 64.5 Å². The molecule has 0 aliphatic heterocycles. The van der Waals surface area contributed by atoms with Crippen LogP contribution in [0.5, 0.6) is 0 Å². The lowest BCUT2D eigenvalue weighted by Crippen LogP contribution is -2.56. The lowest BCUT2D eigenvalue weighted by Gasteiger charge is -2.41. The fourth-order valence-electron chi connectivity index (χ4n) is 3.59. The highest BCUT2D eigenvalue weighted by Crippen LogP contribution is 2.27. The number of carbonyl (C=O) groups is 1. The summed E-state index contributed by atoms with van der Waals surface area (Å²) in [6, 6.07) is 1.90. The summed E-state index contributed by atoms with van der Waals surface area (Å²) in [6.45, 7) is 23.8. The van der Waals surface area contributed by atoms with Crippen LogP contribution in [0.3, 0.4) is 0 Å². The molecule has 0 aliphatic carbocycles. The molecular weight excluding hydrogens is 465 g/mol. The average Bonchev–Trinajstić information content (AvgIpc) is 2.55. The zero-order valence-corrected chi connectivity index (χ0v) is 25.3. The Bertz CT molecular complexity index is 566. The third-order valence-corrected chi connectivity index (χ3v) is 19.8. The van der Waals surface area contributed by atoms with Gasteiger partial charge >= 0.3 is 23.1 Å². The first kappa shape index (κ1) is 30.9. The second kappa shape index (κ2) is 13.6. The van der Waals surface area contributed by atoms with Gasteiger partial charge in [0.25, 0.3) is 0 Å². The van der Waals surface area contributed by atoms with Gasteiger partial charge in [-0.15, -0.1) is 0 Å². The minimum Gasteiger partial charge on any atom is -0.460 e. The summed E-state index contributed by atoms with van der Waals surface area (Å²) >= 11 is 0. The Hall–Kier alpha value is -0.122. The SMILES string of the molecule is C=C(C)C(=O)OCCOCCC[Si](C)(C)O[Si](C)(C)O[Si](C)(C)O[Si](C)(C)CCCO. The van der Waals surface area contributed by atoms with Crippen molar-refractivity contribution in [1.29, 1.82) is 0 Å². The Balaban J connectivity index is 4.40. The molecule has 0 aromatic rings. The molecule has 0 bridgehead atoms. The summed E-state index contributed by atoms with van der Waals surface area (Å²) < 4.78 is 30.2. The standard InChI is InChI=1S/C20H46O7Si4/c1-19(2)20(22)24-16-15-23-14-12-18-29(5,6)26-31(9,10)27-30(7,8)25-28(3,4)17-11-13-21/h21H,1,11-18H2,2-10H3. The predicted molar refractivity (Wildman–Crippen MR) is 136 cm³/mol. The van der Waals surface area contributed by atoms with Crippen molar-refractivity contribution in [1.82, 2.24) is 0 Å². The number of hydrogen-bond donors (Lipinski definition) is 1. The monoisotopic (exact) mass is 510 g/mol. The van der Waals surface area contributed by atoms with Crippen molar-refractivity contribution >= 4 is 39.7 Å². The van der Waals surface area contributed by atoms with Crippen molar-refractivity contribution in [2.24, 2.45) is 0 Å². The predicted octanol–water partition coefficient (Wildman–Crippen LogP) is 4.76. The van der Waals surface area contributed by atoms with E-state index in [0.29, 0.717) is 18.8 Å². The smallest absolute Gasteiger partial charge is 0.333 e. The van der Waals surface area contributed by atoms with Crippen LogP contribution < -0.4 is 0 Å². The van der Waals surface area contributed by atoms with Gasteiger partial charge in [0.1, 0.15) is 6.61 Å². The maximum atomic E-state index is 11.3. The van der Waals surface area contributed by atoms with E-state index in [4.69, 9.17) is 26.9 Å². The quantitative estimate of drug-likeness (QED) is 0.131. The minimum absolute atomic E-state index is 0.204. The Labute approximate surface area is 194 Å². The van der Waals surface area contributed by atoms with Gasteiger partial charge in [-0.3, -0.25) is 0 Å². The minimum atomic E-state index is -2.35. The number of carbonyl (C=O) groups excluding carboxylic acids is 1. The highest BCUT2D eigenvalue weighted by Gasteiger charge is 2.43. The molecular formula is C20H46O7Si4. The van der Waals surface area contributed by atoms with Crippen molar-refractivity contribution in [2.45, 2.75) is 84.2 Å². The van der Waals surface area contributed by atoms with Gasteiger partial charge in [-0.25, -0.2) is 4.79 Å². The van der Waals surface area contributed by atoms with Gasteiger partial charge in [0, 0.05) is 18.8 Å². The molecule has 0 saturated heterocycles. The van der Waals surface area contributed by atoms with Gasteiger partial charge in [0.15, 0.2) is 16.6 Å². The Morgan fingerprint density at radius 3 is 1.71 bits per heavy atom. The molecule has 0 aliphatic rings. The van der Waals surface area contributed by atoms with Crippen LogP contribution >= 0.6 is 0 Å². The Kier molecular flexibility index (Phi) is 13.5. The van der Waals surface area contributed by atoms with Crippen molar-refractivity contribution in [3.05, 3.63) is 12.2 Å². The van der Waals surface area contributed by atoms with Crippen molar-refractivity contribution in [2.75, 3.05) is 26.4 Å². The number of aliphatic hydroxyl groups is 1. The van der Waals surface area contributed by atoms with Crippen LogP contribution in [0.4, 0.5) is 0 Å². The number of rotatable bonds is 17. The van der Waals surface area contributed by atoms with Crippen molar-refractivity contribution in [3.63, 3.8) is 0 Å². The highest BCUT2D eigenvalue weighted by molar-refractivity contribution is 6.89. The van der Waals surface area contributed by atoms with E-state index in [2.05, 4.69) is 59.0 Å². The van der Waals surface area contributed by atoms with Gasteiger partial charge in [-0.2, -0.15) is 0 Å². The first-order chi connectivity index (χ1) is 14.0. The van der Waals surface area contributed by atoms with Crippen LogP contribution in [0.15, 0.2) is 12.2 Å². The molecule has 0 amide bonds. The lowest BCUT2D eigenvalue weighted by molar-refractivity contribution is -0.140. The van der Waals surface area contributed by atoms with E-state index in [0.717, 1.165) is 24.9 Å². The van der Waals surface area contributed by atoms with E-state index in [-0.39, 0.29) is 19.2 Å². The molecule has 0 heterocycles. The molecule has 1 N–H and O–H groups in total. The molecule has 11 heteroatoms. The van der Waals surface area contributed by atoms with E-state index >= 15 is 0 Å². The molecule has 0 aromatic heterocycles. The molecule has 0 aromatic carbocycles. The van der Waals surface area contributed by atoms with Crippen LogP contribution in [-0.4, -0.2) is 71.3 Å².